The number of benzene rings is 3. The second kappa shape index (κ2) is 14.7. The van der Waals surface area contributed by atoms with Crippen molar-refractivity contribution in [2.45, 2.75) is 52.1 Å². The minimum Gasteiger partial charge on any atom is -0.457 e. The van der Waals surface area contributed by atoms with Crippen LogP contribution < -0.4 is 20.5 Å². The van der Waals surface area contributed by atoms with E-state index in [1.54, 1.807) is 37.4 Å². The van der Waals surface area contributed by atoms with Gasteiger partial charge in [-0.2, -0.15) is 13.2 Å². The van der Waals surface area contributed by atoms with Crippen LogP contribution in [0.1, 0.15) is 70.9 Å². The molecular weight excluding hydrogens is 541 g/mol. The van der Waals surface area contributed by atoms with Crippen molar-refractivity contribution < 1.29 is 27.5 Å². The number of carbonyl (C=O) groups excluding carboxylic acids is 2. The first-order valence-electron chi connectivity index (χ1n) is 14.1. The van der Waals surface area contributed by atoms with E-state index in [4.69, 9.17) is 4.74 Å². The van der Waals surface area contributed by atoms with Crippen LogP contribution in [0.25, 0.3) is 12.8 Å². The molecule has 0 saturated carbocycles. The highest BCUT2D eigenvalue weighted by Crippen LogP contribution is 2.31. The molecule has 1 unspecified atom stereocenters. The number of rotatable bonds is 13. The quantitative estimate of drug-likeness (QED) is 0.228. The fraction of sp³-hybridized carbons (Fsp3) is 0.353. The highest BCUT2D eigenvalue weighted by atomic mass is 19.4. The molecule has 3 rings (SSSR count). The van der Waals surface area contributed by atoms with Crippen LogP contribution in [-0.4, -0.2) is 37.2 Å². The number of Topliss-reactive ketones (excluding diaryl/α,β-unsaturated/α-hetero) is 1. The number of hydrogen-bond acceptors (Lipinski definition) is 4. The maximum absolute atomic E-state index is 12.8. The summed E-state index contributed by atoms with van der Waals surface area (Å²) in [5, 5.41) is 4.48. The molecule has 224 valence electrons. The fourth-order valence-electron chi connectivity index (χ4n) is 5.01. The summed E-state index contributed by atoms with van der Waals surface area (Å²) in [7, 11) is 3.64. The van der Waals surface area contributed by atoms with Gasteiger partial charge < -0.3 is 15.0 Å². The van der Waals surface area contributed by atoms with Crippen LogP contribution in [0.3, 0.4) is 0 Å². The summed E-state index contributed by atoms with van der Waals surface area (Å²) in [5.74, 6) is 1.04. The van der Waals surface area contributed by atoms with E-state index in [1.165, 1.54) is 12.1 Å². The lowest BCUT2D eigenvalue weighted by molar-refractivity contribution is -0.137. The molecular formula is C34H39F3N2O3. The summed E-state index contributed by atoms with van der Waals surface area (Å²) >= 11 is 0. The number of alkyl halides is 3. The molecule has 5 nitrogen and oxygen atoms in total. The van der Waals surface area contributed by atoms with Gasteiger partial charge in [-0.25, -0.2) is 0 Å². The van der Waals surface area contributed by atoms with Crippen LogP contribution in [0.15, 0.2) is 60.7 Å². The molecule has 1 atom stereocenters. The minimum absolute atomic E-state index is 0.0367. The van der Waals surface area contributed by atoms with Gasteiger partial charge in [-0.05, 0) is 97.5 Å². The Morgan fingerprint density at radius 3 is 2.19 bits per heavy atom. The number of nitrogens with one attached hydrogen (secondary N) is 1. The molecule has 0 heterocycles. The van der Waals surface area contributed by atoms with Crippen LogP contribution in [0.5, 0.6) is 11.5 Å². The zero-order valence-corrected chi connectivity index (χ0v) is 24.7. The van der Waals surface area contributed by atoms with Crippen molar-refractivity contribution in [2.75, 3.05) is 20.6 Å². The standard InChI is InChI=1S/C34H39F3N2O3/c1-6-8-25(21-39(5)22-31-23(2)11-20-30(24(31)3)33(41)38-4)9-7-10-32(40)26-12-16-28(17-13-26)42-29-18-14-27(15-19-29)34(35,36)37/h11-20,22,25H,2,6-10,21H2,1,3-5H3,(H,38,41)/b31-22+. The number of halogens is 3. The number of ketones is 1. The summed E-state index contributed by atoms with van der Waals surface area (Å²) in [5.41, 5.74) is 1.35. The summed E-state index contributed by atoms with van der Waals surface area (Å²) < 4.78 is 43.9. The second-order valence-electron chi connectivity index (χ2n) is 10.6. The maximum Gasteiger partial charge on any atom is 0.416 e. The Morgan fingerprint density at radius 2 is 1.62 bits per heavy atom. The summed E-state index contributed by atoms with van der Waals surface area (Å²) in [6.07, 6.45) is 1.81. The predicted octanol–water partition coefficient (Wildman–Crippen LogP) is 6.72. The highest BCUT2D eigenvalue weighted by Gasteiger charge is 2.30. The molecule has 0 aliphatic heterocycles. The average molecular weight is 581 g/mol. The van der Waals surface area contributed by atoms with Crippen molar-refractivity contribution in [1.29, 1.82) is 0 Å². The summed E-state index contributed by atoms with van der Waals surface area (Å²) in [6, 6.07) is 14.8. The third-order valence-corrected chi connectivity index (χ3v) is 7.28. The van der Waals surface area contributed by atoms with E-state index >= 15 is 0 Å². The third-order valence-electron chi connectivity index (χ3n) is 7.28. The van der Waals surface area contributed by atoms with Crippen LogP contribution in [0, 0.1) is 12.8 Å². The van der Waals surface area contributed by atoms with Gasteiger partial charge in [0.25, 0.3) is 5.91 Å². The van der Waals surface area contributed by atoms with Gasteiger partial charge in [0.05, 0.1) is 5.56 Å². The zero-order chi connectivity index (χ0) is 30.9. The highest BCUT2D eigenvalue weighted by molar-refractivity contribution is 5.96. The second-order valence-corrected chi connectivity index (χ2v) is 10.6. The normalized spacial score (nSPS) is 12.6. The molecule has 0 radical (unpaired) electrons. The van der Waals surface area contributed by atoms with Gasteiger partial charge in [-0.15, -0.1) is 0 Å². The van der Waals surface area contributed by atoms with E-state index in [1.807, 2.05) is 26.2 Å². The SMILES string of the molecule is C=c1ccc(C(=O)NC)c(C)/c1=C/N(C)CC(CCC)CCCC(=O)c1ccc(Oc2ccc(C(F)(F)F)cc2)cc1. The lowest BCUT2D eigenvalue weighted by Crippen LogP contribution is -2.34. The van der Waals surface area contributed by atoms with E-state index in [9.17, 15) is 22.8 Å². The fourth-order valence-corrected chi connectivity index (χ4v) is 5.01. The van der Waals surface area contributed by atoms with E-state index in [2.05, 4.69) is 23.7 Å². The van der Waals surface area contributed by atoms with Crippen LogP contribution in [-0.2, 0) is 6.18 Å². The van der Waals surface area contributed by atoms with Crippen LogP contribution in [0.4, 0.5) is 13.2 Å². The topological polar surface area (TPSA) is 58.6 Å². The Hall–Kier alpha value is -4.07. The molecule has 3 aromatic rings. The number of carbonyl (C=O) groups is 2. The van der Waals surface area contributed by atoms with Gasteiger partial charge in [0.15, 0.2) is 5.78 Å². The van der Waals surface area contributed by atoms with Crippen molar-refractivity contribution in [3.63, 3.8) is 0 Å². The van der Waals surface area contributed by atoms with Gasteiger partial charge in [-0.1, -0.05) is 26.0 Å². The van der Waals surface area contributed by atoms with Crippen molar-refractivity contribution in [3.05, 3.63) is 93.4 Å². The van der Waals surface area contributed by atoms with Gasteiger partial charge in [0.2, 0.25) is 0 Å². The summed E-state index contributed by atoms with van der Waals surface area (Å²) in [6.45, 7) is 9.05. The Bertz CT molecular complexity index is 1470. The molecule has 0 spiro atoms. The zero-order valence-electron chi connectivity index (χ0n) is 24.7. The van der Waals surface area contributed by atoms with E-state index in [-0.39, 0.29) is 17.4 Å². The Kier molecular flexibility index (Phi) is 11.4. The molecule has 0 fully saturated rings. The van der Waals surface area contributed by atoms with Crippen molar-refractivity contribution in [1.82, 2.24) is 10.2 Å². The monoisotopic (exact) mass is 580 g/mol. The number of ether oxygens (including phenoxy) is 1. The van der Waals surface area contributed by atoms with Crippen molar-refractivity contribution in [2.24, 2.45) is 5.92 Å². The maximum atomic E-state index is 12.8. The predicted molar refractivity (Wildman–Crippen MR) is 161 cm³/mol. The Balaban J connectivity index is 1.56. The Labute approximate surface area is 245 Å². The van der Waals surface area contributed by atoms with Gasteiger partial charge in [0.1, 0.15) is 11.5 Å². The first-order valence-corrected chi connectivity index (χ1v) is 14.1. The van der Waals surface area contributed by atoms with E-state index < -0.39 is 11.7 Å². The molecule has 0 aliphatic carbocycles. The number of nitrogens with zero attached hydrogens (tertiary/aromatic N) is 1. The molecule has 1 amide bonds. The van der Waals surface area contributed by atoms with Gasteiger partial charge in [0, 0.05) is 49.6 Å². The molecule has 0 aromatic heterocycles. The van der Waals surface area contributed by atoms with E-state index in [0.29, 0.717) is 29.2 Å². The first kappa shape index (κ1) is 32.4. The molecule has 0 saturated heterocycles. The molecule has 0 bridgehead atoms. The number of amides is 1. The average Bonchev–Trinajstić information content (AvgIpc) is 2.95. The smallest absolute Gasteiger partial charge is 0.416 e. The molecule has 8 heteroatoms. The lowest BCUT2D eigenvalue weighted by Gasteiger charge is -2.23. The van der Waals surface area contributed by atoms with Crippen molar-refractivity contribution in [3.8, 4) is 11.5 Å². The Morgan fingerprint density at radius 1 is 1.00 bits per heavy atom. The third kappa shape index (κ3) is 8.96. The van der Waals surface area contributed by atoms with Gasteiger partial charge in [-0.3, -0.25) is 9.59 Å². The molecule has 1 N–H and O–H groups in total. The van der Waals surface area contributed by atoms with Gasteiger partial charge >= 0.3 is 6.18 Å². The van der Waals surface area contributed by atoms with E-state index in [0.717, 1.165) is 60.4 Å². The molecule has 3 aromatic carbocycles. The largest absolute Gasteiger partial charge is 0.457 e. The first-order chi connectivity index (χ1) is 19.9. The number of hydrogen-bond donors (Lipinski definition) is 1. The molecule has 0 aliphatic rings. The van der Waals surface area contributed by atoms with Crippen molar-refractivity contribution >= 4 is 24.5 Å². The van der Waals surface area contributed by atoms with Crippen LogP contribution in [0.2, 0.25) is 0 Å². The lowest BCUT2D eigenvalue weighted by atomic mass is 9.94. The molecule has 42 heavy (non-hydrogen) atoms. The summed E-state index contributed by atoms with van der Waals surface area (Å²) in [4.78, 5) is 27.2. The minimum atomic E-state index is -4.40. The van der Waals surface area contributed by atoms with Crippen LogP contribution >= 0.6 is 0 Å².